The molecule has 0 saturated heterocycles. The summed E-state index contributed by atoms with van der Waals surface area (Å²) in [5, 5.41) is 4.43. The second kappa shape index (κ2) is 7.23. The van der Waals surface area contributed by atoms with E-state index in [0.29, 0.717) is 0 Å². The monoisotopic (exact) mass is 465 g/mol. The molecular weight excluding hydrogens is 446 g/mol. The van der Waals surface area contributed by atoms with E-state index in [4.69, 9.17) is 13.8 Å². The van der Waals surface area contributed by atoms with E-state index in [9.17, 15) is 0 Å². The lowest BCUT2D eigenvalue weighted by Crippen LogP contribution is -1.97. The summed E-state index contributed by atoms with van der Waals surface area (Å²) in [4.78, 5) is 5.00. The van der Waals surface area contributed by atoms with Crippen molar-refractivity contribution in [3.63, 3.8) is 0 Å². The predicted molar refractivity (Wildman–Crippen MR) is 143 cm³/mol. The third kappa shape index (κ3) is 2.74. The Morgan fingerprint density at radius 1 is 0.528 bits per heavy atom. The van der Waals surface area contributed by atoms with Crippen LogP contribution in [0, 0.1) is 0 Å². The average Bonchev–Trinajstić information content (AvgIpc) is 3.69. The molecule has 0 atom stereocenters. The molecule has 3 aromatic carbocycles. The molecule has 36 heavy (non-hydrogen) atoms. The SMILES string of the molecule is c1cc(-c2cccc(-n3ccc4c5ccccc5oc43)n2)cc(-n2ccc3c4ccccc4oc32)c1. The molecule has 0 aliphatic rings. The molecular formula is C31H19N3O2. The van der Waals surface area contributed by atoms with E-state index in [1.165, 1.54) is 0 Å². The molecule has 0 spiro atoms. The molecule has 0 amide bonds. The van der Waals surface area contributed by atoms with E-state index >= 15 is 0 Å². The summed E-state index contributed by atoms with van der Waals surface area (Å²) >= 11 is 0. The van der Waals surface area contributed by atoms with Crippen LogP contribution < -0.4 is 0 Å². The van der Waals surface area contributed by atoms with Gasteiger partial charge in [-0.15, -0.1) is 0 Å². The van der Waals surface area contributed by atoms with Crippen LogP contribution in [0.4, 0.5) is 0 Å². The molecule has 0 aliphatic carbocycles. The first kappa shape index (κ1) is 19.3. The Labute approximate surface area is 205 Å². The Morgan fingerprint density at radius 2 is 1.17 bits per heavy atom. The Kier molecular flexibility index (Phi) is 3.88. The lowest BCUT2D eigenvalue weighted by Gasteiger charge is -2.09. The molecule has 0 bridgehead atoms. The fourth-order valence-corrected chi connectivity index (χ4v) is 5.14. The Morgan fingerprint density at radius 3 is 1.92 bits per heavy atom. The quantitative estimate of drug-likeness (QED) is 0.265. The molecule has 5 heterocycles. The van der Waals surface area contributed by atoms with Gasteiger partial charge >= 0.3 is 0 Å². The van der Waals surface area contributed by atoms with Crippen molar-refractivity contribution in [3.05, 3.63) is 116 Å². The third-order valence-corrected chi connectivity index (χ3v) is 6.85. The van der Waals surface area contributed by atoms with Crippen LogP contribution in [0.2, 0.25) is 0 Å². The lowest BCUT2D eigenvalue weighted by atomic mass is 10.1. The Balaban J connectivity index is 1.23. The summed E-state index contributed by atoms with van der Waals surface area (Å²) in [5.74, 6) is 0.813. The summed E-state index contributed by atoms with van der Waals surface area (Å²) in [5.41, 5.74) is 6.36. The van der Waals surface area contributed by atoms with Gasteiger partial charge in [-0.2, -0.15) is 0 Å². The number of fused-ring (bicyclic) bond motifs is 6. The number of nitrogens with zero attached hydrogens (tertiary/aromatic N) is 3. The summed E-state index contributed by atoms with van der Waals surface area (Å²) in [6, 6.07) is 34.9. The minimum Gasteiger partial charge on any atom is -0.439 e. The van der Waals surface area contributed by atoms with Crippen molar-refractivity contribution in [3.8, 4) is 22.8 Å². The number of hydrogen-bond donors (Lipinski definition) is 0. The topological polar surface area (TPSA) is 49.0 Å². The Hall–Kier alpha value is -5.03. The van der Waals surface area contributed by atoms with Gasteiger partial charge in [0.15, 0.2) is 0 Å². The first-order chi connectivity index (χ1) is 17.8. The largest absolute Gasteiger partial charge is 0.439 e. The molecule has 0 radical (unpaired) electrons. The molecule has 8 rings (SSSR count). The Bertz CT molecular complexity index is 1920. The summed E-state index contributed by atoms with van der Waals surface area (Å²) in [7, 11) is 0. The maximum Gasteiger partial charge on any atom is 0.213 e. The van der Waals surface area contributed by atoms with Gasteiger partial charge in [0.1, 0.15) is 17.0 Å². The molecule has 0 N–H and O–H groups in total. The van der Waals surface area contributed by atoms with Crippen LogP contribution in [-0.4, -0.2) is 14.1 Å². The number of hydrogen-bond acceptors (Lipinski definition) is 3. The normalized spacial score (nSPS) is 11.9. The van der Waals surface area contributed by atoms with Crippen LogP contribution in [0.15, 0.2) is 124 Å². The van der Waals surface area contributed by atoms with Crippen molar-refractivity contribution in [2.24, 2.45) is 0 Å². The molecule has 5 heteroatoms. The van der Waals surface area contributed by atoms with Crippen molar-refractivity contribution in [2.75, 3.05) is 0 Å². The van der Waals surface area contributed by atoms with Crippen molar-refractivity contribution in [2.45, 2.75) is 0 Å². The number of para-hydroxylation sites is 2. The highest BCUT2D eigenvalue weighted by molar-refractivity contribution is 6.05. The summed E-state index contributed by atoms with van der Waals surface area (Å²) < 4.78 is 16.5. The summed E-state index contributed by atoms with van der Waals surface area (Å²) in [6.45, 7) is 0. The maximum atomic E-state index is 6.19. The minimum atomic E-state index is 0.800. The van der Waals surface area contributed by atoms with Gasteiger partial charge in [0, 0.05) is 45.2 Å². The molecule has 5 aromatic heterocycles. The standard InChI is InChI=1S/C31H19N3O2/c1-3-12-27-22(9-1)24-15-17-33(30(24)35-27)21-8-5-7-20(19-21)26-11-6-14-29(32-26)34-18-16-25-23-10-2-4-13-28(23)36-31(25)34/h1-19H. The molecule has 170 valence electrons. The first-order valence-corrected chi connectivity index (χ1v) is 11.9. The van der Waals surface area contributed by atoms with Crippen LogP contribution in [0.25, 0.3) is 66.9 Å². The molecule has 8 aromatic rings. The van der Waals surface area contributed by atoms with Gasteiger partial charge in [0.05, 0.1) is 5.69 Å². The van der Waals surface area contributed by atoms with Crippen LogP contribution in [-0.2, 0) is 0 Å². The maximum absolute atomic E-state index is 6.19. The number of pyridine rings is 1. The second-order valence-corrected chi connectivity index (χ2v) is 8.94. The predicted octanol–water partition coefficient (Wildman–Crippen LogP) is 8.13. The zero-order valence-electron chi connectivity index (χ0n) is 19.1. The third-order valence-electron chi connectivity index (χ3n) is 6.85. The van der Waals surface area contributed by atoms with Gasteiger partial charge in [-0.3, -0.25) is 9.13 Å². The average molecular weight is 466 g/mol. The van der Waals surface area contributed by atoms with E-state index in [2.05, 4.69) is 59.3 Å². The van der Waals surface area contributed by atoms with Gasteiger partial charge < -0.3 is 8.83 Å². The van der Waals surface area contributed by atoms with Gasteiger partial charge in [0.25, 0.3) is 0 Å². The van der Waals surface area contributed by atoms with E-state index < -0.39 is 0 Å². The van der Waals surface area contributed by atoms with Crippen LogP contribution in [0.3, 0.4) is 0 Å². The second-order valence-electron chi connectivity index (χ2n) is 8.94. The first-order valence-electron chi connectivity index (χ1n) is 11.9. The lowest BCUT2D eigenvalue weighted by molar-refractivity contribution is 0.641. The van der Waals surface area contributed by atoms with Crippen LogP contribution >= 0.6 is 0 Å². The summed E-state index contributed by atoms with van der Waals surface area (Å²) in [6.07, 6.45) is 4.07. The molecule has 0 aliphatic heterocycles. The van der Waals surface area contributed by atoms with Gasteiger partial charge in [0.2, 0.25) is 11.4 Å². The van der Waals surface area contributed by atoms with E-state index in [1.807, 2.05) is 65.4 Å². The van der Waals surface area contributed by atoms with Crippen molar-refractivity contribution < 1.29 is 8.83 Å². The number of benzene rings is 3. The number of furan rings is 2. The fourth-order valence-electron chi connectivity index (χ4n) is 5.14. The van der Waals surface area contributed by atoms with Crippen molar-refractivity contribution >= 4 is 44.1 Å². The van der Waals surface area contributed by atoms with Gasteiger partial charge in [-0.25, -0.2) is 4.98 Å². The van der Waals surface area contributed by atoms with E-state index in [-0.39, 0.29) is 0 Å². The van der Waals surface area contributed by atoms with E-state index in [1.54, 1.807) is 0 Å². The number of rotatable bonds is 3. The molecule has 0 unspecified atom stereocenters. The molecule has 5 nitrogen and oxygen atoms in total. The van der Waals surface area contributed by atoms with Crippen molar-refractivity contribution in [1.82, 2.24) is 14.1 Å². The zero-order valence-corrected chi connectivity index (χ0v) is 19.1. The van der Waals surface area contributed by atoms with Crippen LogP contribution in [0.5, 0.6) is 0 Å². The fraction of sp³-hybridized carbons (Fsp3) is 0. The highest BCUT2D eigenvalue weighted by Gasteiger charge is 2.15. The van der Waals surface area contributed by atoms with Gasteiger partial charge in [-0.05, 0) is 48.5 Å². The van der Waals surface area contributed by atoms with Crippen LogP contribution in [0.1, 0.15) is 0 Å². The molecule has 0 fully saturated rings. The smallest absolute Gasteiger partial charge is 0.213 e. The number of aromatic nitrogens is 3. The van der Waals surface area contributed by atoms with Gasteiger partial charge in [-0.1, -0.05) is 54.6 Å². The van der Waals surface area contributed by atoms with Crippen molar-refractivity contribution in [1.29, 1.82) is 0 Å². The van der Waals surface area contributed by atoms with E-state index in [0.717, 1.165) is 66.9 Å². The minimum absolute atomic E-state index is 0.800. The highest BCUT2D eigenvalue weighted by atomic mass is 16.3. The zero-order chi connectivity index (χ0) is 23.6. The highest BCUT2D eigenvalue weighted by Crippen LogP contribution is 2.33. The molecule has 0 saturated carbocycles.